The molecule has 3 aromatic rings. The Balaban J connectivity index is 1.78. The van der Waals surface area contributed by atoms with E-state index in [-0.39, 0.29) is 5.25 Å². The van der Waals surface area contributed by atoms with Crippen LogP contribution in [0.3, 0.4) is 0 Å². The molecule has 0 bridgehead atoms. The summed E-state index contributed by atoms with van der Waals surface area (Å²) in [6, 6.07) is 9.09. The minimum atomic E-state index is -0.0344. The zero-order chi connectivity index (χ0) is 14.7. The third-order valence-electron chi connectivity index (χ3n) is 2.68. The fourth-order valence-corrected chi connectivity index (χ4v) is 2.64. The van der Waals surface area contributed by atoms with Gasteiger partial charge in [0.15, 0.2) is 5.16 Å². The van der Waals surface area contributed by atoms with Crippen molar-refractivity contribution in [1.82, 2.24) is 20.2 Å². The Bertz CT molecular complexity index is 735. The van der Waals surface area contributed by atoms with Gasteiger partial charge in [0.05, 0.1) is 5.25 Å². The molecule has 1 aromatic carbocycles. The summed E-state index contributed by atoms with van der Waals surface area (Å²) in [7, 11) is 0. The second-order valence-corrected chi connectivity index (χ2v) is 5.99. The number of aromatic nitrogens is 4. The van der Waals surface area contributed by atoms with Gasteiger partial charge < -0.3 is 4.42 Å². The Hall–Kier alpha value is -1.92. The molecule has 21 heavy (non-hydrogen) atoms. The lowest BCUT2D eigenvalue weighted by Crippen LogP contribution is -1.91. The van der Waals surface area contributed by atoms with Gasteiger partial charge >= 0.3 is 0 Å². The van der Waals surface area contributed by atoms with E-state index in [1.807, 2.05) is 19.1 Å². The molecule has 0 aliphatic rings. The molecule has 0 N–H and O–H groups in total. The summed E-state index contributed by atoms with van der Waals surface area (Å²) in [5.41, 5.74) is 0.800. The summed E-state index contributed by atoms with van der Waals surface area (Å²) >= 11 is 7.42. The summed E-state index contributed by atoms with van der Waals surface area (Å²) in [6.45, 7) is 1.97. The van der Waals surface area contributed by atoms with Crippen LogP contribution in [0.2, 0.25) is 5.02 Å². The molecule has 0 spiro atoms. The number of halogens is 1. The lowest BCUT2D eigenvalue weighted by molar-refractivity contribution is 0.509. The minimum absolute atomic E-state index is 0.0344. The van der Waals surface area contributed by atoms with E-state index in [9.17, 15) is 0 Å². The van der Waals surface area contributed by atoms with Gasteiger partial charge in [0.1, 0.15) is 0 Å². The van der Waals surface area contributed by atoms with Crippen LogP contribution in [0.5, 0.6) is 0 Å². The molecule has 2 heterocycles. The molecule has 0 saturated carbocycles. The van der Waals surface area contributed by atoms with Gasteiger partial charge in [-0.3, -0.25) is 0 Å². The highest BCUT2D eigenvalue weighted by Crippen LogP contribution is 2.33. The molecular formula is C14H11ClN4OS. The largest absolute Gasteiger partial charge is 0.419 e. The predicted octanol–water partition coefficient (Wildman–Crippen LogP) is 4.03. The monoisotopic (exact) mass is 318 g/mol. The van der Waals surface area contributed by atoms with E-state index in [0.717, 1.165) is 5.56 Å². The van der Waals surface area contributed by atoms with Gasteiger partial charge in [0.25, 0.3) is 0 Å². The number of rotatable bonds is 4. The Morgan fingerprint density at radius 1 is 1.14 bits per heavy atom. The number of thioether (sulfide) groups is 1. The Labute approximate surface area is 130 Å². The molecule has 1 unspecified atom stereocenters. The standard InChI is InChI=1S/C14H11ClN4OS/c1-9(21-14-16-6-3-7-17-14)12-18-19-13(20-12)10-4-2-5-11(15)8-10/h2-9H,1H3. The van der Waals surface area contributed by atoms with E-state index in [1.165, 1.54) is 11.8 Å². The number of hydrogen-bond donors (Lipinski definition) is 0. The van der Waals surface area contributed by atoms with Gasteiger partial charge in [-0.1, -0.05) is 29.4 Å². The van der Waals surface area contributed by atoms with Gasteiger partial charge in [-0.15, -0.1) is 10.2 Å². The van der Waals surface area contributed by atoms with E-state index in [1.54, 1.807) is 30.6 Å². The van der Waals surface area contributed by atoms with Crippen molar-refractivity contribution in [2.24, 2.45) is 0 Å². The predicted molar refractivity (Wildman–Crippen MR) is 81.0 cm³/mol. The van der Waals surface area contributed by atoms with Crippen molar-refractivity contribution in [2.75, 3.05) is 0 Å². The van der Waals surface area contributed by atoms with Crippen LogP contribution in [-0.4, -0.2) is 20.2 Å². The van der Waals surface area contributed by atoms with Crippen LogP contribution in [0, 0.1) is 0 Å². The number of hydrogen-bond acceptors (Lipinski definition) is 6. The summed E-state index contributed by atoms with van der Waals surface area (Å²) in [6.07, 6.45) is 3.40. The van der Waals surface area contributed by atoms with Gasteiger partial charge in [0, 0.05) is 23.0 Å². The van der Waals surface area contributed by atoms with E-state index >= 15 is 0 Å². The van der Waals surface area contributed by atoms with Crippen molar-refractivity contribution in [3.05, 3.63) is 53.6 Å². The van der Waals surface area contributed by atoms with Crippen molar-refractivity contribution in [1.29, 1.82) is 0 Å². The highest BCUT2D eigenvalue weighted by Gasteiger charge is 2.17. The summed E-state index contributed by atoms with van der Waals surface area (Å²) in [5.74, 6) is 0.983. The highest BCUT2D eigenvalue weighted by atomic mass is 35.5. The minimum Gasteiger partial charge on any atom is -0.419 e. The molecule has 7 heteroatoms. The molecule has 5 nitrogen and oxygen atoms in total. The van der Waals surface area contributed by atoms with Gasteiger partial charge in [-0.2, -0.15) is 0 Å². The van der Waals surface area contributed by atoms with E-state index < -0.39 is 0 Å². The molecule has 3 rings (SSSR count). The smallest absolute Gasteiger partial charge is 0.247 e. The molecule has 0 amide bonds. The normalized spacial score (nSPS) is 12.3. The van der Waals surface area contributed by atoms with Crippen LogP contribution in [0.4, 0.5) is 0 Å². The summed E-state index contributed by atoms with van der Waals surface area (Å²) < 4.78 is 5.70. The first-order valence-electron chi connectivity index (χ1n) is 6.25. The third kappa shape index (κ3) is 3.40. The van der Waals surface area contributed by atoms with Crippen LogP contribution in [0.15, 0.2) is 52.3 Å². The lowest BCUT2D eigenvalue weighted by atomic mass is 10.2. The summed E-state index contributed by atoms with van der Waals surface area (Å²) in [4.78, 5) is 8.33. The molecule has 0 saturated heterocycles. The fourth-order valence-electron chi connectivity index (χ4n) is 1.69. The zero-order valence-electron chi connectivity index (χ0n) is 11.1. The first kappa shape index (κ1) is 14.0. The molecule has 1 atom stereocenters. The Kier molecular flexibility index (Phi) is 4.17. The van der Waals surface area contributed by atoms with E-state index in [0.29, 0.717) is 22.0 Å². The van der Waals surface area contributed by atoms with E-state index in [4.69, 9.17) is 16.0 Å². The second-order valence-electron chi connectivity index (χ2n) is 4.25. The quantitative estimate of drug-likeness (QED) is 0.534. The molecular weight excluding hydrogens is 308 g/mol. The molecule has 106 valence electrons. The Morgan fingerprint density at radius 3 is 2.71 bits per heavy atom. The molecule has 0 radical (unpaired) electrons. The van der Waals surface area contributed by atoms with Gasteiger partial charge in [0.2, 0.25) is 11.8 Å². The van der Waals surface area contributed by atoms with Crippen molar-refractivity contribution in [3.8, 4) is 11.5 Å². The third-order valence-corrected chi connectivity index (χ3v) is 3.90. The van der Waals surface area contributed by atoms with Crippen molar-refractivity contribution in [3.63, 3.8) is 0 Å². The second kappa shape index (κ2) is 6.24. The molecule has 0 aliphatic carbocycles. The summed E-state index contributed by atoms with van der Waals surface area (Å²) in [5, 5.41) is 9.41. The van der Waals surface area contributed by atoms with Crippen LogP contribution >= 0.6 is 23.4 Å². The fraction of sp³-hybridized carbons (Fsp3) is 0.143. The highest BCUT2D eigenvalue weighted by molar-refractivity contribution is 7.99. The maximum absolute atomic E-state index is 5.96. The number of nitrogens with zero attached hydrogens (tertiary/aromatic N) is 4. The molecule has 2 aromatic heterocycles. The Morgan fingerprint density at radius 2 is 1.95 bits per heavy atom. The van der Waals surface area contributed by atoms with Crippen LogP contribution in [-0.2, 0) is 0 Å². The average molecular weight is 319 g/mol. The zero-order valence-corrected chi connectivity index (χ0v) is 12.7. The van der Waals surface area contributed by atoms with Crippen LogP contribution in [0.25, 0.3) is 11.5 Å². The maximum Gasteiger partial charge on any atom is 0.247 e. The van der Waals surface area contributed by atoms with Crippen molar-refractivity contribution >= 4 is 23.4 Å². The van der Waals surface area contributed by atoms with Gasteiger partial charge in [-0.25, -0.2) is 9.97 Å². The molecule has 0 aliphatic heterocycles. The topological polar surface area (TPSA) is 64.7 Å². The first-order chi connectivity index (χ1) is 10.2. The maximum atomic E-state index is 5.96. The van der Waals surface area contributed by atoms with Gasteiger partial charge in [-0.05, 0) is 31.2 Å². The van der Waals surface area contributed by atoms with Crippen molar-refractivity contribution in [2.45, 2.75) is 17.3 Å². The number of benzene rings is 1. The SMILES string of the molecule is CC(Sc1ncccn1)c1nnc(-c2cccc(Cl)c2)o1. The molecule has 0 fully saturated rings. The van der Waals surface area contributed by atoms with Crippen LogP contribution in [0.1, 0.15) is 18.1 Å². The van der Waals surface area contributed by atoms with E-state index in [2.05, 4.69) is 20.2 Å². The lowest BCUT2D eigenvalue weighted by Gasteiger charge is -2.04. The van der Waals surface area contributed by atoms with Crippen LogP contribution < -0.4 is 0 Å². The first-order valence-corrected chi connectivity index (χ1v) is 7.51. The van der Waals surface area contributed by atoms with Crippen molar-refractivity contribution < 1.29 is 4.42 Å². The average Bonchev–Trinajstić information content (AvgIpc) is 2.98.